The molecular formula is C23H38O3. The number of aryl methyl sites for hydroxylation is 1. The van der Waals surface area contributed by atoms with Crippen molar-refractivity contribution >= 4 is 5.97 Å². The van der Waals surface area contributed by atoms with Gasteiger partial charge in [-0.1, -0.05) is 84.5 Å². The molecule has 1 aromatic rings. The van der Waals surface area contributed by atoms with Crippen LogP contribution in [0.15, 0.2) is 18.2 Å². The van der Waals surface area contributed by atoms with Crippen molar-refractivity contribution in [2.24, 2.45) is 0 Å². The Morgan fingerprint density at radius 1 is 0.846 bits per heavy atom. The summed E-state index contributed by atoms with van der Waals surface area (Å²) in [5.41, 5.74) is 0.840. The maximum atomic E-state index is 11.9. The summed E-state index contributed by atoms with van der Waals surface area (Å²) in [5.74, 6) is 0.644. The summed E-state index contributed by atoms with van der Waals surface area (Å²) in [7, 11) is 0. The van der Waals surface area contributed by atoms with Crippen LogP contribution in [0.5, 0.6) is 11.5 Å². The highest BCUT2D eigenvalue weighted by atomic mass is 16.5. The molecule has 0 aliphatic heterocycles. The molecule has 0 aliphatic carbocycles. The maximum Gasteiger partial charge on any atom is 0.311 e. The van der Waals surface area contributed by atoms with Gasteiger partial charge in [-0.2, -0.15) is 0 Å². The lowest BCUT2D eigenvalue weighted by molar-refractivity contribution is -0.134. The predicted molar refractivity (Wildman–Crippen MR) is 109 cm³/mol. The second-order valence-electron chi connectivity index (χ2n) is 7.30. The van der Waals surface area contributed by atoms with Crippen LogP contribution in [0, 0.1) is 0 Å². The average molecular weight is 363 g/mol. The summed E-state index contributed by atoms with van der Waals surface area (Å²) >= 11 is 0. The molecule has 26 heavy (non-hydrogen) atoms. The summed E-state index contributed by atoms with van der Waals surface area (Å²) in [6.07, 6.45) is 16.2. The van der Waals surface area contributed by atoms with E-state index in [-0.39, 0.29) is 11.7 Å². The molecule has 148 valence electrons. The Morgan fingerprint density at radius 3 is 2.00 bits per heavy atom. The molecule has 0 aromatic heterocycles. The van der Waals surface area contributed by atoms with Crippen molar-refractivity contribution in [1.29, 1.82) is 0 Å². The van der Waals surface area contributed by atoms with Gasteiger partial charge in [0.15, 0.2) is 0 Å². The fourth-order valence-corrected chi connectivity index (χ4v) is 3.21. The first-order valence-electron chi connectivity index (χ1n) is 10.7. The minimum atomic E-state index is -0.172. The van der Waals surface area contributed by atoms with E-state index in [4.69, 9.17) is 4.74 Å². The number of esters is 1. The van der Waals surface area contributed by atoms with Crippen LogP contribution in [0.1, 0.15) is 103 Å². The molecule has 0 saturated heterocycles. The SMILES string of the molecule is CCCCCCCCCCCCCC(=O)Oc1ccc(O)c(CCC)c1. The van der Waals surface area contributed by atoms with Crippen molar-refractivity contribution in [3.8, 4) is 11.5 Å². The first-order chi connectivity index (χ1) is 12.7. The predicted octanol–water partition coefficient (Wildman–Crippen LogP) is 6.95. The zero-order valence-corrected chi connectivity index (χ0v) is 16.9. The minimum absolute atomic E-state index is 0.172. The van der Waals surface area contributed by atoms with Gasteiger partial charge in [0.25, 0.3) is 0 Å². The van der Waals surface area contributed by atoms with Gasteiger partial charge in [0.1, 0.15) is 11.5 Å². The highest BCUT2D eigenvalue weighted by Gasteiger charge is 2.08. The number of unbranched alkanes of at least 4 members (excludes halogenated alkanes) is 10. The van der Waals surface area contributed by atoms with Crippen LogP contribution in [0.2, 0.25) is 0 Å². The molecule has 1 aromatic carbocycles. The van der Waals surface area contributed by atoms with Gasteiger partial charge >= 0.3 is 5.97 Å². The monoisotopic (exact) mass is 362 g/mol. The van der Waals surface area contributed by atoms with Gasteiger partial charge in [-0.25, -0.2) is 0 Å². The number of aromatic hydroxyl groups is 1. The fraction of sp³-hybridized carbons (Fsp3) is 0.696. The number of benzene rings is 1. The summed E-state index contributed by atoms with van der Waals surface area (Å²) < 4.78 is 5.40. The van der Waals surface area contributed by atoms with E-state index in [9.17, 15) is 9.90 Å². The molecule has 1 rings (SSSR count). The molecule has 0 radical (unpaired) electrons. The van der Waals surface area contributed by atoms with Crippen molar-refractivity contribution < 1.29 is 14.6 Å². The number of carbonyl (C=O) groups is 1. The molecule has 0 amide bonds. The van der Waals surface area contributed by atoms with E-state index in [1.165, 1.54) is 57.8 Å². The van der Waals surface area contributed by atoms with Gasteiger partial charge in [-0.3, -0.25) is 4.79 Å². The van der Waals surface area contributed by atoms with Crippen LogP contribution in [0.25, 0.3) is 0 Å². The zero-order valence-electron chi connectivity index (χ0n) is 16.9. The summed E-state index contributed by atoms with van der Waals surface area (Å²) in [4.78, 5) is 11.9. The fourth-order valence-electron chi connectivity index (χ4n) is 3.21. The summed E-state index contributed by atoms with van der Waals surface area (Å²) in [6.45, 7) is 4.31. The van der Waals surface area contributed by atoms with Crippen LogP contribution in [0.3, 0.4) is 0 Å². The van der Waals surface area contributed by atoms with Crippen LogP contribution in [0.4, 0.5) is 0 Å². The standard InChI is InChI=1S/C23H38O3/c1-3-5-6-7-8-9-10-11-12-13-14-16-23(25)26-21-17-18-22(24)20(19-21)15-4-2/h17-19,24H,3-16H2,1-2H3. The van der Waals surface area contributed by atoms with Gasteiger partial charge in [-0.15, -0.1) is 0 Å². The van der Waals surface area contributed by atoms with Crippen molar-refractivity contribution in [3.63, 3.8) is 0 Å². The number of ether oxygens (including phenoxy) is 1. The van der Waals surface area contributed by atoms with Gasteiger partial charge in [-0.05, 0) is 36.6 Å². The molecule has 1 N–H and O–H groups in total. The number of hydrogen-bond donors (Lipinski definition) is 1. The largest absolute Gasteiger partial charge is 0.508 e. The van der Waals surface area contributed by atoms with Crippen molar-refractivity contribution in [2.45, 2.75) is 104 Å². The second kappa shape index (κ2) is 14.6. The third kappa shape index (κ3) is 10.5. The molecule has 0 atom stereocenters. The van der Waals surface area contributed by atoms with Crippen LogP contribution < -0.4 is 4.74 Å². The van der Waals surface area contributed by atoms with Gasteiger partial charge in [0.2, 0.25) is 0 Å². The Kier molecular flexibility index (Phi) is 12.7. The molecule has 0 spiro atoms. The number of rotatable bonds is 15. The van der Waals surface area contributed by atoms with Crippen molar-refractivity contribution in [2.75, 3.05) is 0 Å². The van der Waals surface area contributed by atoms with Crippen molar-refractivity contribution in [1.82, 2.24) is 0 Å². The van der Waals surface area contributed by atoms with E-state index in [1.54, 1.807) is 18.2 Å². The highest BCUT2D eigenvalue weighted by Crippen LogP contribution is 2.24. The number of phenolic OH excluding ortho intramolecular Hbond substituents is 1. The topological polar surface area (TPSA) is 46.5 Å². The second-order valence-corrected chi connectivity index (χ2v) is 7.30. The van der Waals surface area contributed by atoms with Crippen molar-refractivity contribution in [3.05, 3.63) is 23.8 Å². The van der Waals surface area contributed by atoms with E-state index in [0.29, 0.717) is 12.2 Å². The lowest BCUT2D eigenvalue weighted by atomic mass is 10.1. The Morgan fingerprint density at radius 2 is 1.42 bits per heavy atom. The van der Waals surface area contributed by atoms with Crippen LogP contribution in [-0.2, 0) is 11.2 Å². The van der Waals surface area contributed by atoms with Crippen LogP contribution >= 0.6 is 0 Å². The first kappa shape index (κ1) is 22.5. The maximum absolute atomic E-state index is 11.9. The van der Waals surface area contributed by atoms with E-state index >= 15 is 0 Å². The van der Waals surface area contributed by atoms with E-state index in [1.807, 2.05) is 0 Å². The highest BCUT2D eigenvalue weighted by molar-refractivity contribution is 5.72. The van der Waals surface area contributed by atoms with E-state index in [0.717, 1.165) is 31.2 Å². The quantitative estimate of drug-likeness (QED) is 0.208. The van der Waals surface area contributed by atoms with Crippen LogP contribution in [-0.4, -0.2) is 11.1 Å². The molecule has 0 fully saturated rings. The molecule has 0 heterocycles. The lowest BCUT2D eigenvalue weighted by Gasteiger charge is -2.08. The molecule has 0 saturated carbocycles. The third-order valence-corrected chi connectivity index (χ3v) is 4.79. The number of hydrogen-bond acceptors (Lipinski definition) is 3. The number of phenols is 1. The van der Waals surface area contributed by atoms with E-state index < -0.39 is 0 Å². The Labute approximate surface area is 160 Å². The zero-order chi connectivity index (χ0) is 19.0. The molecule has 0 aliphatic rings. The first-order valence-corrected chi connectivity index (χ1v) is 10.7. The molecule has 0 bridgehead atoms. The Hall–Kier alpha value is -1.51. The van der Waals surface area contributed by atoms with Gasteiger partial charge < -0.3 is 9.84 Å². The number of carbonyl (C=O) groups excluding carboxylic acids is 1. The van der Waals surface area contributed by atoms with Gasteiger partial charge in [0, 0.05) is 6.42 Å². The minimum Gasteiger partial charge on any atom is -0.508 e. The normalized spacial score (nSPS) is 10.8. The smallest absolute Gasteiger partial charge is 0.311 e. The summed E-state index contributed by atoms with van der Waals surface area (Å²) in [5, 5.41) is 9.78. The summed E-state index contributed by atoms with van der Waals surface area (Å²) in [6, 6.07) is 5.04. The molecule has 3 nitrogen and oxygen atoms in total. The third-order valence-electron chi connectivity index (χ3n) is 4.79. The molecular weight excluding hydrogens is 324 g/mol. The lowest BCUT2D eigenvalue weighted by Crippen LogP contribution is -2.07. The Bertz CT molecular complexity index is 496. The van der Waals surface area contributed by atoms with Gasteiger partial charge in [0.05, 0.1) is 0 Å². The molecule has 0 unspecified atom stereocenters. The Balaban J connectivity index is 2.06. The van der Waals surface area contributed by atoms with E-state index in [2.05, 4.69) is 13.8 Å². The average Bonchev–Trinajstić information content (AvgIpc) is 2.62. The molecule has 3 heteroatoms.